The maximum absolute atomic E-state index is 13.1. The lowest BCUT2D eigenvalue weighted by atomic mass is 10.0. The molecule has 0 aliphatic carbocycles. The number of hydrogen-bond donors (Lipinski definition) is 0. The summed E-state index contributed by atoms with van der Waals surface area (Å²) in [4.78, 5) is 12.2. The molecule has 0 aliphatic heterocycles. The van der Waals surface area contributed by atoms with Gasteiger partial charge in [-0.05, 0) is 53.3 Å². The highest BCUT2D eigenvalue weighted by Gasteiger charge is 2.15. The Morgan fingerprint density at radius 2 is 1.72 bits per heavy atom. The Kier molecular flexibility index (Phi) is 3.75. The number of carbonyl (C=O) groups is 1. The number of benzene rings is 2. The average Bonchev–Trinajstić information content (AvgIpc) is 2.30. The number of aryl methyl sites for hydroxylation is 1. The highest BCUT2D eigenvalue weighted by Crippen LogP contribution is 2.21. The third-order valence-electron chi connectivity index (χ3n) is 2.56. The van der Waals surface area contributed by atoms with E-state index < -0.39 is 11.6 Å². The molecule has 0 atom stereocenters. The molecule has 0 spiro atoms. The zero-order chi connectivity index (χ0) is 13.3. The standard InChI is InChI=1S/C14H9F2IO/c1-8-3-2-4-12(13(8)17)14(18)9-5-10(15)7-11(16)6-9/h2-7H,1H3. The smallest absolute Gasteiger partial charge is 0.194 e. The van der Waals surface area contributed by atoms with Gasteiger partial charge in [0.1, 0.15) is 11.6 Å². The molecule has 0 bridgehead atoms. The van der Waals surface area contributed by atoms with Crippen LogP contribution in [0.5, 0.6) is 0 Å². The van der Waals surface area contributed by atoms with E-state index in [1.807, 2.05) is 13.0 Å². The van der Waals surface area contributed by atoms with Crippen LogP contribution in [0.1, 0.15) is 21.5 Å². The largest absolute Gasteiger partial charge is 0.289 e. The fourth-order valence-electron chi connectivity index (χ4n) is 1.66. The fourth-order valence-corrected chi connectivity index (χ4v) is 2.27. The van der Waals surface area contributed by atoms with Crippen LogP contribution in [-0.4, -0.2) is 5.78 Å². The van der Waals surface area contributed by atoms with E-state index in [2.05, 4.69) is 22.6 Å². The molecule has 0 radical (unpaired) electrons. The zero-order valence-corrected chi connectivity index (χ0v) is 11.7. The van der Waals surface area contributed by atoms with Gasteiger partial charge >= 0.3 is 0 Å². The summed E-state index contributed by atoms with van der Waals surface area (Å²) >= 11 is 2.06. The van der Waals surface area contributed by atoms with Crippen molar-refractivity contribution in [2.24, 2.45) is 0 Å². The molecule has 1 nitrogen and oxygen atoms in total. The Bertz CT molecular complexity index is 603. The molecule has 0 aromatic heterocycles. The van der Waals surface area contributed by atoms with Gasteiger partial charge in [-0.3, -0.25) is 4.79 Å². The zero-order valence-electron chi connectivity index (χ0n) is 9.51. The molecule has 0 fully saturated rings. The van der Waals surface area contributed by atoms with Crippen LogP contribution in [0.4, 0.5) is 8.78 Å². The highest BCUT2D eigenvalue weighted by molar-refractivity contribution is 14.1. The van der Waals surface area contributed by atoms with Gasteiger partial charge in [-0.15, -0.1) is 0 Å². The van der Waals surface area contributed by atoms with Crippen molar-refractivity contribution in [3.8, 4) is 0 Å². The van der Waals surface area contributed by atoms with Gasteiger partial charge in [-0.2, -0.15) is 0 Å². The number of carbonyl (C=O) groups excluding carboxylic acids is 1. The Morgan fingerprint density at radius 1 is 1.11 bits per heavy atom. The molecule has 0 heterocycles. The van der Waals surface area contributed by atoms with Gasteiger partial charge in [0.05, 0.1) is 0 Å². The first-order chi connectivity index (χ1) is 8.49. The summed E-state index contributed by atoms with van der Waals surface area (Å²) in [6.07, 6.45) is 0. The molecule has 0 saturated carbocycles. The molecule has 2 aromatic carbocycles. The van der Waals surface area contributed by atoms with E-state index in [0.29, 0.717) is 5.56 Å². The van der Waals surface area contributed by atoms with Crippen molar-refractivity contribution in [2.75, 3.05) is 0 Å². The summed E-state index contributed by atoms with van der Waals surface area (Å²) in [5.74, 6) is -1.87. The highest BCUT2D eigenvalue weighted by atomic mass is 127. The van der Waals surface area contributed by atoms with Crippen LogP contribution in [0.25, 0.3) is 0 Å². The number of ketones is 1. The molecule has 4 heteroatoms. The van der Waals surface area contributed by atoms with E-state index >= 15 is 0 Å². The van der Waals surface area contributed by atoms with E-state index in [1.165, 1.54) is 0 Å². The normalized spacial score (nSPS) is 10.4. The molecular weight excluding hydrogens is 349 g/mol. The Morgan fingerprint density at radius 3 is 2.33 bits per heavy atom. The van der Waals surface area contributed by atoms with Crippen LogP contribution in [-0.2, 0) is 0 Å². The van der Waals surface area contributed by atoms with Crippen molar-refractivity contribution in [1.29, 1.82) is 0 Å². The lowest BCUT2D eigenvalue weighted by molar-refractivity contribution is 0.103. The Balaban J connectivity index is 2.51. The fraction of sp³-hybridized carbons (Fsp3) is 0.0714. The van der Waals surface area contributed by atoms with Crippen molar-refractivity contribution in [2.45, 2.75) is 6.92 Å². The summed E-state index contributed by atoms with van der Waals surface area (Å²) in [5, 5.41) is 0. The minimum Gasteiger partial charge on any atom is -0.289 e. The average molecular weight is 358 g/mol. The monoisotopic (exact) mass is 358 g/mol. The molecule has 18 heavy (non-hydrogen) atoms. The van der Waals surface area contributed by atoms with Gasteiger partial charge in [0.25, 0.3) is 0 Å². The molecule has 0 unspecified atom stereocenters. The summed E-state index contributed by atoms with van der Waals surface area (Å²) in [7, 11) is 0. The van der Waals surface area contributed by atoms with E-state index in [9.17, 15) is 13.6 Å². The molecule has 0 saturated heterocycles. The molecule has 2 rings (SSSR count). The van der Waals surface area contributed by atoms with Gasteiger partial charge in [0, 0.05) is 20.8 Å². The molecule has 0 N–H and O–H groups in total. The van der Waals surface area contributed by atoms with Crippen molar-refractivity contribution >= 4 is 28.4 Å². The van der Waals surface area contributed by atoms with Gasteiger partial charge in [0.15, 0.2) is 5.78 Å². The minimum atomic E-state index is -0.749. The second-order valence-corrected chi connectivity index (χ2v) is 5.00. The molecule has 0 amide bonds. The van der Waals surface area contributed by atoms with Crippen LogP contribution in [0.3, 0.4) is 0 Å². The number of hydrogen-bond acceptors (Lipinski definition) is 1. The molecule has 92 valence electrons. The SMILES string of the molecule is Cc1cccc(C(=O)c2cc(F)cc(F)c2)c1I. The van der Waals surface area contributed by atoms with Crippen LogP contribution in [0.15, 0.2) is 36.4 Å². The lowest BCUT2D eigenvalue weighted by Gasteiger charge is -2.06. The van der Waals surface area contributed by atoms with Crippen LogP contribution < -0.4 is 0 Å². The molecule has 2 aromatic rings. The Hall–Kier alpha value is -1.30. The van der Waals surface area contributed by atoms with Gasteiger partial charge in [-0.1, -0.05) is 12.1 Å². The van der Waals surface area contributed by atoms with Crippen molar-refractivity contribution in [3.63, 3.8) is 0 Å². The van der Waals surface area contributed by atoms with Gasteiger partial charge < -0.3 is 0 Å². The van der Waals surface area contributed by atoms with Crippen molar-refractivity contribution < 1.29 is 13.6 Å². The van der Waals surface area contributed by atoms with Crippen LogP contribution >= 0.6 is 22.6 Å². The topological polar surface area (TPSA) is 17.1 Å². The molecule has 0 aliphatic rings. The second kappa shape index (κ2) is 5.14. The van der Waals surface area contributed by atoms with Crippen molar-refractivity contribution in [3.05, 3.63) is 68.3 Å². The summed E-state index contributed by atoms with van der Waals surface area (Å²) in [6, 6.07) is 8.12. The van der Waals surface area contributed by atoms with Crippen molar-refractivity contribution in [1.82, 2.24) is 0 Å². The van der Waals surface area contributed by atoms with Gasteiger partial charge in [0.2, 0.25) is 0 Å². The maximum Gasteiger partial charge on any atom is 0.194 e. The van der Waals surface area contributed by atoms with E-state index in [1.54, 1.807) is 12.1 Å². The molecular formula is C14H9F2IO. The van der Waals surface area contributed by atoms with Crippen LogP contribution in [0.2, 0.25) is 0 Å². The minimum absolute atomic E-state index is 0.0241. The first kappa shape index (κ1) is 13.1. The van der Waals surface area contributed by atoms with E-state index in [0.717, 1.165) is 27.3 Å². The summed E-state index contributed by atoms with van der Waals surface area (Å²) in [6.45, 7) is 1.88. The number of halogens is 3. The number of rotatable bonds is 2. The summed E-state index contributed by atoms with van der Waals surface area (Å²) in [5.41, 5.74) is 1.44. The first-order valence-electron chi connectivity index (χ1n) is 5.25. The maximum atomic E-state index is 13.1. The third-order valence-corrected chi connectivity index (χ3v) is 3.99. The quantitative estimate of drug-likeness (QED) is 0.583. The van der Waals surface area contributed by atoms with Gasteiger partial charge in [-0.25, -0.2) is 8.78 Å². The Labute approximate surface area is 117 Å². The second-order valence-electron chi connectivity index (χ2n) is 3.92. The van der Waals surface area contributed by atoms with E-state index in [-0.39, 0.29) is 11.3 Å². The lowest BCUT2D eigenvalue weighted by Crippen LogP contribution is -2.05. The predicted octanol–water partition coefficient (Wildman–Crippen LogP) is 4.11. The summed E-state index contributed by atoms with van der Waals surface area (Å²) < 4.78 is 27.0. The predicted molar refractivity (Wildman–Crippen MR) is 73.7 cm³/mol. The first-order valence-corrected chi connectivity index (χ1v) is 6.33. The third kappa shape index (κ3) is 2.58. The van der Waals surface area contributed by atoms with Crippen LogP contribution in [0, 0.1) is 22.1 Å². The van der Waals surface area contributed by atoms with E-state index in [4.69, 9.17) is 0 Å².